The highest BCUT2D eigenvalue weighted by atomic mass is 79.9. The van der Waals surface area contributed by atoms with Gasteiger partial charge in [0.05, 0.1) is 24.5 Å². The molecule has 2 saturated heterocycles. The van der Waals surface area contributed by atoms with Crippen LogP contribution < -0.4 is 0 Å². The fourth-order valence-electron chi connectivity index (χ4n) is 2.26. The van der Waals surface area contributed by atoms with Crippen molar-refractivity contribution in [3.8, 4) is 0 Å². The monoisotopic (exact) mass is 327 g/mol. The highest BCUT2D eigenvalue weighted by Crippen LogP contribution is 2.23. The molecule has 17 heavy (non-hydrogen) atoms. The first-order valence-electron chi connectivity index (χ1n) is 5.88. The predicted octanol–water partition coefficient (Wildman–Crippen LogP) is 0.591. The first-order valence-corrected chi connectivity index (χ1v) is 8.51. The van der Waals surface area contributed by atoms with Gasteiger partial charge in [0.2, 0.25) is 10.0 Å². The number of rotatable bonds is 3. The van der Waals surface area contributed by atoms with Gasteiger partial charge in [-0.15, -0.1) is 0 Å². The summed E-state index contributed by atoms with van der Waals surface area (Å²) in [6.45, 7) is 2.54. The zero-order chi connectivity index (χ0) is 12.3. The van der Waals surface area contributed by atoms with Crippen LogP contribution in [0, 0.1) is 0 Å². The van der Waals surface area contributed by atoms with E-state index in [4.69, 9.17) is 9.47 Å². The van der Waals surface area contributed by atoms with Gasteiger partial charge in [0.25, 0.3) is 0 Å². The summed E-state index contributed by atoms with van der Waals surface area (Å²) in [5.41, 5.74) is 0. The van der Waals surface area contributed by atoms with Crippen LogP contribution in [0.5, 0.6) is 0 Å². The average molecular weight is 328 g/mol. The van der Waals surface area contributed by atoms with E-state index < -0.39 is 10.0 Å². The molecule has 1 unspecified atom stereocenters. The zero-order valence-corrected chi connectivity index (χ0v) is 12.1. The number of halogens is 1. The molecule has 2 heterocycles. The minimum Gasteiger partial charge on any atom is -0.381 e. The van der Waals surface area contributed by atoms with E-state index in [0.29, 0.717) is 51.1 Å². The van der Waals surface area contributed by atoms with Gasteiger partial charge in [0, 0.05) is 25.1 Å². The molecule has 2 aliphatic rings. The second kappa shape index (κ2) is 5.97. The second-order valence-corrected chi connectivity index (χ2v) is 7.16. The van der Waals surface area contributed by atoms with Crippen LogP contribution in [0.1, 0.15) is 12.8 Å². The van der Waals surface area contributed by atoms with Crippen molar-refractivity contribution in [3.05, 3.63) is 0 Å². The van der Waals surface area contributed by atoms with Crippen molar-refractivity contribution in [3.63, 3.8) is 0 Å². The highest BCUT2D eigenvalue weighted by Gasteiger charge is 2.38. The summed E-state index contributed by atoms with van der Waals surface area (Å²) >= 11 is 3.36. The molecule has 2 rings (SSSR count). The van der Waals surface area contributed by atoms with Gasteiger partial charge in [-0.05, 0) is 12.8 Å². The maximum Gasteiger partial charge on any atom is 0.217 e. The van der Waals surface area contributed by atoms with Gasteiger partial charge < -0.3 is 9.47 Å². The molecule has 0 N–H and O–H groups in total. The fraction of sp³-hybridized carbons (Fsp3) is 1.00. The molecule has 0 aromatic heterocycles. The normalized spacial score (nSPS) is 29.4. The van der Waals surface area contributed by atoms with Gasteiger partial charge in [0.15, 0.2) is 0 Å². The standard InChI is InChI=1S/C10H18BrNO4S/c11-7-9-8-16-6-3-12(9)17(13,14)10-1-4-15-5-2-10/h9-10H,1-8H2. The molecule has 0 saturated carbocycles. The number of alkyl halides is 1. The Morgan fingerprint density at radius 2 is 1.88 bits per heavy atom. The van der Waals surface area contributed by atoms with Crippen molar-refractivity contribution < 1.29 is 17.9 Å². The number of hydrogen-bond acceptors (Lipinski definition) is 4. The molecule has 0 amide bonds. The minimum atomic E-state index is -3.20. The number of sulfonamides is 1. The maximum atomic E-state index is 12.5. The third kappa shape index (κ3) is 3.01. The summed E-state index contributed by atoms with van der Waals surface area (Å²) in [5, 5.41) is 0.339. The van der Waals surface area contributed by atoms with Crippen molar-refractivity contribution in [2.75, 3.05) is 38.3 Å². The van der Waals surface area contributed by atoms with E-state index >= 15 is 0 Å². The first kappa shape index (κ1) is 13.7. The predicted molar refractivity (Wildman–Crippen MR) is 67.9 cm³/mol. The van der Waals surface area contributed by atoms with E-state index in [1.165, 1.54) is 0 Å². The molecule has 0 aromatic carbocycles. The molecule has 0 spiro atoms. The van der Waals surface area contributed by atoms with Crippen molar-refractivity contribution in [1.29, 1.82) is 0 Å². The van der Waals surface area contributed by atoms with Crippen molar-refractivity contribution in [2.45, 2.75) is 24.1 Å². The average Bonchev–Trinajstić information content (AvgIpc) is 2.39. The van der Waals surface area contributed by atoms with Gasteiger partial charge in [0.1, 0.15) is 0 Å². The zero-order valence-electron chi connectivity index (χ0n) is 9.68. The highest BCUT2D eigenvalue weighted by molar-refractivity contribution is 9.09. The summed E-state index contributed by atoms with van der Waals surface area (Å²) in [7, 11) is -3.20. The Balaban J connectivity index is 2.11. The summed E-state index contributed by atoms with van der Waals surface area (Å²) in [6, 6.07) is -0.0726. The fourth-order valence-corrected chi connectivity index (χ4v) is 5.04. The van der Waals surface area contributed by atoms with E-state index in [2.05, 4.69) is 15.9 Å². The van der Waals surface area contributed by atoms with Crippen LogP contribution in [0.2, 0.25) is 0 Å². The topological polar surface area (TPSA) is 55.8 Å². The molecule has 2 fully saturated rings. The Bertz CT molecular complexity index is 342. The molecule has 5 nitrogen and oxygen atoms in total. The van der Waals surface area contributed by atoms with Crippen molar-refractivity contribution in [1.82, 2.24) is 4.31 Å². The summed E-state index contributed by atoms with van der Waals surface area (Å²) in [5.74, 6) is 0. The molecule has 0 radical (unpaired) electrons. The lowest BCUT2D eigenvalue weighted by Gasteiger charge is -2.37. The Morgan fingerprint density at radius 1 is 1.18 bits per heavy atom. The quantitative estimate of drug-likeness (QED) is 0.712. The second-order valence-electron chi connectivity index (χ2n) is 4.35. The Kier molecular flexibility index (Phi) is 4.82. The summed E-state index contributed by atoms with van der Waals surface area (Å²) < 4.78 is 37.2. The van der Waals surface area contributed by atoms with Crippen LogP contribution in [0.15, 0.2) is 0 Å². The van der Waals surface area contributed by atoms with Crippen LogP contribution >= 0.6 is 15.9 Å². The van der Waals surface area contributed by atoms with Crippen LogP contribution in [0.3, 0.4) is 0 Å². The lowest BCUT2D eigenvalue weighted by atomic mass is 10.2. The number of nitrogens with zero attached hydrogens (tertiary/aromatic N) is 1. The van der Waals surface area contributed by atoms with Crippen LogP contribution in [0.4, 0.5) is 0 Å². The van der Waals surface area contributed by atoms with E-state index in [-0.39, 0.29) is 11.3 Å². The van der Waals surface area contributed by atoms with E-state index in [9.17, 15) is 8.42 Å². The van der Waals surface area contributed by atoms with Crippen LogP contribution in [-0.4, -0.2) is 62.3 Å². The van der Waals surface area contributed by atoms with E-state index in [1.807, 2.05) is 0 Å². The number of hydrogen-bond donors (Lipinski definition) is 0. The SMILES string of the molecule is O=S(=O)(C1CCOCC1)N1CCOCC1CBr. The molecular weight excluding hydrogens is 310 g/mol. The summed E-state index contributed by atoms with van der Waals surface area (Å²) in [6.07, 6.45) is 1.21. The molecule has 2 aliphatic heterocycles. The third-order valence-corrected chi connectivity index (χ3v) is 6.46. The van der Waals surface area contributed by atoms with Gasteiger partial charge in [-0.3, -0.25) is 0 Å². The van der Waals surface area contributed by atoms with Gasteiger partial charge in [-0.2, -0.15) is 4.31 Å². The Morgan fingerprint density at radius 3 is 2.53 bits per heavy atom. The molecule has 0 aliphatic carbocycles. The lowest BCUT2D eigenvalue weighted by molar-refractivity contribution is 0.0391. The minimum absolute atomic E-state index is 0.0726. The molecule has 0 aromatic rings. The van der Waals surface area contributed by atoms with Gasteiger partial charge in [-0.25, -0.2) is 8.42 Å². The van der Waals surface area contributed by atoms with E-state index in [0.717, 1.165) is 0 Å². The molecule has 7 heteroatoms. The molecule has 0 bridgehead atoms. The molecule has 1 atom stereocenters. The van der Waals surface area contributed by atoms with Crippen molar-refractivity contribution >= 4 is 26.0 Å². The van der Waals surface area contributed by atoms with Gasteiger partial charge in [-0.1, -0.05) is 15.9 Å². The smallest absolute Gasteiger partial charge is 0.217 e. The first-order chi connectivity index (χ1) is 8.16. The third-order valence-electron chi connectivity index (χ3n) is 3.27. The number of ether oxygens (including phenoxy) is 2. The van der Waals surface area contributed by atoms with Crippen LogP contribution in [-0.2, 0) is 19.5 Å². The van der Waals surface area contributed by atoms with Crippen LogP contribution in [0.25, 0.3) is 0 Å². The van der Waals surface area contributed by atoms with Gasteiger partial charge >= 0.3 is 0 Å². The Labute approximate surface area is 111 Å². The molecule has 100 valence electrons. The lowest BCUT2D eigenvalue weighted by Crippen LogP contribution is -2.53. The Hall–Kier alpha value is 0.310. The summed E-state index contributed by atoms with van der Waals surface area (Å²) in [4.78, 5) is 0. The van der Waals surface area contributed by atoms with E-state index in [1.54, 1.807) is 4.31 Å². The maximum absolute atomic E-state index is 12.5. The molecular formula is C10H18BrNO4S. The largest absolute Gasteiger partial charge is 0.381 e. The number of morpholine rings is 1. The van der Waals surface area contributed by atoms with Crippen molar-refractivity contribution in [2.24, 2.45) is 0 Å².